The summed E-state index contributed by atoms with van der Waals surface area (Å²) in [5.74, 6) is 0.142. The molecule has 33 heavy (non-hydrogen) atoms. The average Bonchev–Trinajstić information content (AvgIpc) is 3.25. The number of carbonyl (C=O) groups is 1. The van der Waals surface area contributed by atoms with Gasteiger partial charge in [-0.2, -0.15) is 5.10 Å². The molecule has 0 fully saturated rings. The Kier molecular flexibility index (Phi) is 6.48. The lowest BCUT2D eigenvalue weighted by Crippen LogP contribution is -2.26. The third-order valence-electron chi connectivity index (χ3n) is 5.07. The number of rotatable bonds is 7. The molecule has 9 heteroatoms. The summed E-state index contributed by atoms with van der Waals surface area (Å²) in [6.07, 6.45) is 1.59. The maximum absolute atomic E-state index is 12.9. The number of hydrogen-bond donors (Lipinski definition) is 1. The average molecular weight is 481 g/mol. The number of amides is 1. The number of para-hydroxylation sites is 1. The van der Waals surface area contributed by atoms with Gasteiger partial charge < -0.3 is 5.32 Å². The van der Waals surface area contributed by atoms with Crippen LogP contribution < -0.4 is 9.62 Å². The van der Waals surface area contributed by atoms with Crippen molar-refractivity contribution < 1.29 is 13.2 Å². The van der Waals surface area contributed by atoms with E-state index >= 15 is 0 Å². The Morgan fingerprint density at radius 3 is 2.42 bits per heavy atom. The Labute approximate surface area is 197 Å². The van der Waals surface area contributed by atoms with Gasteiger partial charge in [0.25, 0.3) is 15.9 Å². The van der Waals surface area contributed by atoms with Gasteiger partial charge >= 0.3 is 0 Å². The molecule has 0 radical (unpaired) electrons. The minimum absolute atomic E-state index is 0.0939. The van der Waals surface area contributed by atoms with Crippen molar-refractivity contribution in [3.05, 3.63) is 107 Å². The number of carbonyl (C=O) groups excluding carboxylic acids is 1. The summed E-state index contributed by atoms with van der Waals surface area (Å²) in [5.41, 5.74) is 1.82. The van der Waals surface area contributed by atoms with Gasteiger partial charge in [-0.15, -0.1) is 0 Å². The van der Waals surface area contributed by atoms with Crippen molar-refractivity contribution in [3.63, 3.8) is 0 Å². The minimum atomic E-state index is -3.75. The van der Waals surface area contributed by atoms with E-state index in [0.29, 0.717) is 28.6 Å². The highest BCUT2D eigenvalue weighted by Gasteiger charge is 2.21. The summed E-state index contributed by atoms with van der Waals surface area (Å²) in [6, 6.07) is 23.7. The van der Waals surface area contributed by atoms with Crippen LogP contribution in [0.15, 0.2) is 96.0 Å². The van der Waals surface area contributed by atoms with E-state index in [1.165, 1.54) is 35.6 Å². The summed E-state index contributed by atoms with van der Waals surface area (Å²) >= 11 is 6.04. The Morgan fingerprint density at radius 1 is 1.00 bits per heavy atom. The van der Waals surface area contributed by atoms with E-state index in [4.69, 9.17) is 11.6 Å². The maximum Gasteiger partial charge on any atom is 0.264 e. The molecule has 0 aliphatic rings. The molecule has 7 nitrogen and oxygen atoms in total. The van der Waals surface area contributed by atoms with E-state index in [2.05, 4.69) is 10.4 Å². The van der Waals surface area contributed by atoms with E-state index in [0.717, 1.165) is 5.56 Å². The highest BCUT2D eigenvalue weighted by molar-refractivity contribution is 7.92. The lowest BCUT2D eigenvalue weighted by molar-refractivity contribution is 0.102. The first-order valence-electron chi connectivity index (χ1n) is 10.1. The minimum Gasteiger partial charge on any atom is -0.307 e. The van der Waals surface area contributed by atoms with E-state index in [9.17, 15) is 13.2 Å². The normalized spacial score (nSPS) is 11.2. The van der Waals surface area contributed by atoms with Crippen molar-refractivity contribution in [3.8, 4) is 0 Å². The van der Waals surface area contributed by atoms with E-state index < -0.39 is 10.0 Å². The fourth-order valence-electron chi connectivity index (χ4n) is 3.27. The second-order valence-electron chi connectivity index (χ2n) is 7.29. The van der Waals surface area contributed by atoms with Crippen LogP contribution in [0.25, 0.3) is 0 Å². The molecule has 0 unspecified atom stereocenters. The number of nitrogens with one attached hydrogen (secondary N) is 1. The monoisotopic (exact) mass is 480 g/mol. The molecule has 0 saturated carbocycles. The molecule has 3 aromatic carbocycles. The number of hydrogen-bond acceptors (Lipinski definition) is 4. The molecular formula is C24H21ClN4O3S. The first-order chi connectivity index (χ1) is 15.8. The van der Waals surface area contributed by atoms with Crippen LogP contribution >= 0.6 is 11.6 Å². The molecule has 168 valence electrons. The fourth-order valence-corrected chi connectivity index (χ4v) is 4.68. The standard InChI is InChI=1S/C24H21ClN4O3S/c1-28(21-8-3-2-4-9-21)33(31,32)22-12-10-19(11-13-22)24(30)27-23-14-15-26-29(23)17-18-6-5-7-20(25)16-18/h2-16H,17H2,1H3,(H,27,30). The summed E-state index contributed by atoms with van der Waals surface area (Å²) in [7, 11) is -2.26. The van der Waals surface area contributed by atoms with Gasteiger partial charge in [-0.05, 0) is 54.1 Å². The lowest BCUT2D eigenvalue weighted by atomic mass is 10.2. The molecule has 4 aromatic rings. The molecule has 1 heterocycles. The highest BCUT2D eigenvalue weighted by atomic mass is 35.5. The van der Waals surface area contributed by atoms with Gasteiger partial charge in [0.2, 0.25) is 0 Å². The number of aromatic nitrogens is 2. The van der Waals surface area contributed by atoms with Crippen molar-refractivity contribution in [2.45, 2.75) is 11.4 Å². The van der Waals surface area contributed by atoms with Gasteiger partial charge in [0.1, 0.15) is 5.82 Å². The number of sulfonamides is 1. The topological polar surface area (TPSA) is 84.3 Å². The maximum atomic E-state index is 12.9. The largest absolute Gasteiger partial charge is 0.307 e. The highest BCUT2D eigenvalue weighted by Crippen LogP contribution is 2.22. The second-order valence-corrected chi connectivity index (χ2v) is 9.70. The Morgan fingerprint density at radius 2 is 1.73 bits per heavy atom. The van der Waals surface area contributed by atoms with Crippen LogP contribution in [0.3, 0.4) is 0 Å². The van der Waals surface area contributed by atoms with E-state index in [-0.39, 0.29) is 10.8 Å². The summed E-state index contributed by atoms with van der Waals surface area (Å²) < 4.78 is 28.7. The zero-order valence-electron chi connectivity index (χ0n) is 17.7. The molecule has 0 bridgehead atoms. The van der Waals surface area contributed by atoms with Crippen LogP contribution in [0.5, 0.6) is 0 Å². The molecule has 1 aromatic heterocycles. The molecule has 0 aliphatic heterocycles. The van der Waals surface area contributed by atoms with E-state index in [1.54, 1.807) is 47.3 Å². The molecule has 0 aliphatic carbocycles. The van der Waals surface area contributed by atoms with Crippen molar-refractivity contribution in [2.75, 3.05) is 16.7 Å². The van der Waals surface area contributed by atoms with Crippen LogP contribution in [-0.4, -0.2) is 31.2 Å². The smallest absolute Gasteiger partial charge is 0.264 e. The predicted octanol–water partition coefficient (Wildman–Crippen LogP) is 4.66. The molecule has 1 N–H and O–H groups in total. The van der Waals surface area contributed by atoms with Crippen molar-refractivity contribution >= 4 is 39.0 Å². The third-order valence-corrected chi connectivity index (χ3v) is 7.11. The van der Waals surface area contributed by atoms with Gasteiger partial charge in [-0.1, -0.05) is 41.9 Å². The van der Waals surface area contributed by atoms with Gasteiger partial charge in [-0.3, -0.25) is 9.10 Å². The van der Waals surface area contributed by atoms with E-state index in [1.807, 2.05) is 24.3 Å². The molecule has 4 rings (SSSR count). The number of nitrogens with zero attached hydrogens (tertiary/aromatic N) is 3. The zero-order valence-corrected chi connectivity index (χ0v) is 19.3. The zero-order chi connectivity index (χ0) is 23.4. The van der Waals surface area contributed by atoms with Gasteiger partial charge in [0.05, 0.1) is 23.3 Å². The third kappa shape index (κ3) is 5.08. The molecule has 0 atom stereocenters. The molecule has 0 saturated heterocycles. The molecular weight excluding hydrogens is 460 g/mol. The van der Waals surface area contributed by atoms with Gasteiger partial charge in [-0.25, -0.2) is 13.1 Å². The Balaban J connectivity index is 1.48. The van der Waals surface area contributed by atoms with Crippen LogP contribution in [0, 0.1) is 0 Å². The molecule has 0 spiro atoms. The summed E-state index contributed by atoms with van der Waals surface area (Å²) in [5, 5.41) is 7.70. The summed E-state index contributed by atoms with van der Waals surface area (Å²) in [6.45, 7) is 0.437. The van der Waals surface area contributed by atoms with Crippen molar-refractivity contribution in [1.82, 2.24) is 9.78 Å². The second kappa shape index (κ2) is 9.48. The first-order valence-corrected chi connectivity index (χ1v) is 11.9. The van der Waals surface area contributed by atoms with Crippen LogP contribution in [0.2, 0.25) is 5.02 Å². The Bertz CT molecular complexity index is 1370. The quantitative estimate of drug-likeness (QED) is 0.417. The lowest BCUT2D eigenvalue weighted by Gasteiger charge is -2.19. The van der Waals surface area contributed by atoms with Crippen LogP contribution in [-0.2, 0) is 16.6 Å². The molecule has 1 amide bonds. The number of anilines is 2. The van der Waals surface area contributed by atoms with Crippen molar-refractivity contribution in [2.24, 2.45) is 0 Å². The van der Waals surface area contributed by atoms with Crippen molar-refractivity contribution in [1.29, 1.82) is 0 Å². The number of halogens is 1. The van der Waals surface area contributed by atoms with Crippen LogP contribution in [0.4, 0.5) is 11.5 Å². The Hall–Kier alpha value is -3.62. The summed E-state index contributed by atoms with van der Waals surface area (Å²) in [4.78, 5) is 12.8. The predicted molar refractivity (Wildman–Crippen MR) is 129 cm³/mol. The van der Waals surface area contributed by atoms with Gasteiger partial charge in [0, 0.05) is 23.7 Å². The van der Waals surface area contributed by atoms with Gasteiger partial charge in [0.15, 0.2) is 0 Å². The SMILES string of the molecule is CN(c1ccccc1)S(=O)(=O)c1ccc(C(=O)Nc2ccnn2Cc2cccc(Cl)c2)cc1. The fraction of sp³-hybridized carbons (Fsp3) is 0.0833. The van der Waals surface area contributed by atoms with Crippen LogP contribution in [0.1, 0.15) is 15.9 Å². The first kappa shape index (κ1) is 22.6. The number of benzene rings is 3.